The fourth-order valence-electron chi connectivity index (χ4n) is 3.13. The Balaban J connectivity index is 1.59. The summed E-state index contributed by atoms with van der Waals surface area (Å²) < 4.78 is 30.2. The molecule has 4 aromatic rings. The molecule has 10 heteroatoms. The van der Waals surface area contributed by atoms with E-state index in [4.69, 9.17) is 9.88 Å². The van der Waals surface area contributed by atoms with Crippen LogP contribution in [0.2, 0.25) is 0 Å². The van der Waals surface area contributed by atoms with E-state index in [2.05, 4.69) is 10.3 Å². The van der Waals surface area contributed by atoms with Crippen molar-refractivity contribution in [1.29, 1.82) is 0 Å². The molecule has 0 spiro atoms. The summed E-state index contributed by atoms with van der Waals surface area (Å²) >= 11 is 2.86. The second kappa shape index (κ2) is 9.92. The first-order valence-corrected chi connectivity index (χ1v) is 13.3. The normalized spacial score (nSPS) is 12.4. The number of carbonyl (C=O) groups excluding carboxylic acids is 1. The number of primary sulfonamides is 1. The largest absolute Gasteiger partial charge is 0.494 e. The Labute approximate surface area is 200 Å². The second-order valence-electron chi connectivity index (χ2n) is 7.01. The fourth-order valence-corrected chi connectivity index (χ4v) is 5.93. The number of nitrogens with one attached hydrogen (secondary N) is 1. The molecular formula is C23H21N3O4S3. The minimum atomic E-state index is -3.80. The van der Waals surface area contributed by atoms with Crippen molar-refractivity contribution in [3.05, 3.63) is 78.4 Å². The van der Waals surface area contributed by atoms with Crippen LogP contribution in [0, 0.1) is 0 Å². The number of amides is 1. The molecule has 0 aliphatic rings. The number of aromatic nitrogens is 1. The van der Waals surface area contributed by atoms with Gasteiger partial charge in [0.25, 0.3) is 0 Å². The summed E-state index contributed by atoms with van der Waals surface area (Å²) in [6.07, 6.45) is 0. The van der Waals surface area contributed by atoms with Gasteiger partial charge in [-0.2, -0.15) is 0 Å². The summed E-state index contributed by atoms with van der Waals surface area (Å²) in [5.74, 6) is 0.536. The van der Waals surface area contributed by atoms with Crippen LogP contribution in [-0.4, -0.2) is 25.9 Å². The van der Waals surface area contributed by atoms with Crippen molar-refractivity contribution in [1.82, 2.24) is 4.98 Å². The molecule has 170 valence electrons. The zero-order valence-corrected chi connectivity index (χ0v) is 20.0. The monoisotopic (exact) mass is 499 g/mol. The highest BCUT2D eigenvalue weighted by Gasteiger charge is 2.24. The predicted octanol–water partition coefficient (Wildman–Crippen LogP) is 4.81. The molecule has 1 aromatic heterocycles. The first-order chi connectivity index (χ1) is 15.8. The second-order valence-corrected chi connectivity index (χ2v) is 11.0. The van der Waals surface area contributed by atoms with Crippen LogP contribution in [0.4, 0.5) is 5.69 Å². The molecule has 1 atom stereocenters. The van der Waals surface area contributed by atoms with E-state index in [0.717, 1.165) is 25.9 Å². The molecule has 3 aromatic carbocycles. The Hall–Kier alpha value is -2.92. The first kappa shape index (κ1) is 23.2. The van der Waals surface area contributed by atoms with Gasteiger partial charge in [-0.1, -0.05) is 42.1 Å². The number of thioether (sulfide) groups is 1. The quantitative estimate of drug-likeness (QED) is 0.336. The summed E-state index contributed by atoms with van der Waals surface area (Å²) in [6.45, 7) is 2.52. The molecule has 0 aliphatic carbocycles. The number of nitrogens with two attached hydrogens (primary N) is 1. The topological polar surface area (TPSA) is 111 Å². The van der Waals surface area contributed by atoms with Gasteiger partial charge in [-0.15, -0.1) is 11.3 Å². The van der Waals surface area contributed by atoms with Gasteiger partial charge in [-0.3, -0.25) is 4.79 Å². The number of thiazole rings is 1. The lowest BCUT2D eigenvalue weighted by Gasteiger charge is -2.16. The van der Waals surface area contributed by atoms with Crippen molar-refractivity contribution >= 4 is 54.9 Å². The maximum Gasteiger partial charge on any atom is 0.242 e. The van der Waals surface area contributed by atoms with E-state index in [0.29, 0.717) is 12.3 Å². The van der Waals surface area contributed by atoms with Crippen LogP contribution < -0.4 is 15.2 Å². The van der Waals surface area contributed by atoms with Crippen LogP contribution in [0.3, 0.4) is 0 Å². The highest BCUT2D eigenvalue weighted by molar-refractivity contribution is 8.02. The molecule has 7 nitrogen and oxygen atoms in total. The summed E-state index contributed by atoms with van der Waals surface area (Å²) in [7, 11) is -3.80. The van der Waals surface area contributed by atoms with Crippen LogP contribution in [0.15, 0.2) is 82.0 Å². The van der Waals surface area contributed by atoms with Crippen LogP contribution in [0.1, 0.15) is 17.7 Å². The number of benzene rings is 3. The van der Waals surface area contributed by atoms with Crippen molar-refractivity contribution in [2.24, 2.45) is 5.14 Å². The molecule has 0 unspecified atom stereocenters. The van der Waals surface area contributed by atoms with Crippen molar-refractivity contribution in [3.8, 4) is 5.75 Å². The van der Waals surface area contributed by atoms with Crippen molar-refractivity contribution < 1.29 is 17.9 Å². The standard InChI is InChI=1S/C23H21N3O4S3/c1-2-30-17-10-13-19-20(14-17)31-23(26-19)32-21(15-6-4-3-5-7-15)22(27)25-16-8-11-18(12-9-16)33(24,28)29/h3-14,21H,2H2,1H3,(H,25,27)(H2,24,28,29)/t21-/m1/s1. The molecular weight excluding hydrogens is 478 g/mol. The van der Waals surface area contributed by atoms with Crippen molar-refractivity contribution in [2.75, 3.05) is 11.9 Å². The zero-order valence-electron chi connectivity index (χ0n) is 17.6. The summed E-state index contributed by atoms with van der Waals surface area (Å²) in [6, 6.07) is 20.9. The average molecular weight is 500 g/mol. The van der Waals surface area contributed by atoms with Gasteiger partial charge in [0.05, 0.1) is 21.7 Å². The third kappa shape index (κ3) is 5.72. The maximum atomic E-state index is 13.2. The van der Waals surface area contributed by atoms with Crippen LogP contribution >= 0.6 is 23.1 Å². The Morgan fingerprint density at radius 2 is 1.85 bits per heavy atom. The summed E-state index contributed by atoms with van der Waals surface area (Å²) in [4.78, 5) is 17.9. The number of fused-ring (bicyclic) bond motifs is 1. The Morgan fingerprint density at radius 1 is 1.12 bits per heavy atom. The molecule has 0 fully saturated rings. The number of rotatable bonds is 8. The van der Waals surface area contributed by atoms with E-state index in [9.17, 15) is 13.2 Å². The lowest BCUT2D eigenvalue weighted by atomic mass is 10.1. The predicted molar refractivity (Wildman–Crippen MR) is 132 cm³/mol. The van der Waals surface area contributed by atoms with Gasteiger partial charge >= 0.3 is 0 Å². The van der Waals surface area contributed by atoms with Crippen molar-refractivity contribution in [2.45, 2.75) is 21.4 Å². The summed E-state index contributed by atoms with van der Waals surface area (Å²) in [5, 5.41) is 7.45. The molecule has 0 saturated heterocycles. The smallest absolute Gasteiger partial charge is 0.242 e. The number of nitrogens with zero attached hydrogens (tertiary/aromatic N) is 1. The molecule has 1 amide bonds. The van der Waals surface area contributed by atoms with Gasteiger partial charge in [0.15, 0.2) is 4.34 Å². The lowest BCUT2D eigenvalue weighted by molar-refractivity contribution is -0.115. The Kier molecular flexibility index (Phi) is 6.99. The van der Waals surface area contributed by atoms with Gasteiger partial charge in [-0.05, 0) is 55.0 Å². The molecule has 33 heavy (non-hydrogen) atoms. The highest BCUT2D eigenvalue weighted by Crippen LogP contribution is 2.40. The van der Waals surface area contributed by atoms with Crippen LogP contribution in [0.5, 0.6) is 5.75 Å². The SMILES string of the molecule is CCOc1ccc2nc(S[C@@H](C(=O)Nc3ccc(S(N)(=O)=O)cc3)c3ccccc3)sc2c1. The van der Waals surface area contributed by atoms with E-state index < -0.39 is 15.3 Å². The van der Waals surface area contributed by atoms with Gasteiger partial charge in [0.2, 0.25) is 15.9 Å². The molecule has 3 N–H and O–H groups in total. The molecule has 0 aliphatic heterocycles. The average Bonchev–Trinajstić information content (AvgIpc) is 3.20. The molecule has 0 radical (unpaired) electrons. The Bertz CT molecular complexity index is 1370. The van der Waals surface area contributed by atoms with Crippen LogP contribution in [-0.2, 0) is 14.8 Å². The Morgan fingerprint density at radius 3 is 2.52 bits per heavy atom. The third-order valence-corrected chi connectivity index (χ3v) is 7.96. The van der Waals surface area contributed by atoms with Crippen LogP contribution in [0.25, 0.3) is 10.2 Å². The molecule has 1 heterocycles. The number of anilines is 1. The maximum absolute atomic E-state index is 13.2. The van der Waals surface area contributed by atoms with Gasteiger partial charge in [-0.25, -0.2) is 18.5 Å². The van der Waals surface area contributed by atoms with Gasteiger partial charge in [0, 0.05) is 5.69 Å². The summed E-state index contributed by atoms with van der Waals surface area (Å²) in [5.41, 5.74) is 2.15. The molecule has 4 rings (SSSR count). The fraction of sp³-hybridized carbons (Fsp3) is 0.130. The first-order valence-electron chi connectivity index (χ1n) is 10.0. The molecule has 0 saturated carbocycles. The lowest BCUT2D eigenvalue weighted by Crippen LogP contribution is -2.19. The number of carbonyl (C=O) groups is 1. The number of hydrogen-bond donors (Lipinski definition) is 2. The third-order valence-electron chi connectivity index (χ3n) is 4.66. The zero-order chi connectivity index (χ0) is 23.4. The minimum Gasteiger partial charge on any atom is -0.494 e. The van der Waals surface area contributed by atoms with Gasteiger partial charge < -0.3 is 10.1 Å². The highest BCUT2D eigenvalue weighted by atomic mass is 32.2. The van der Waals surface area contributed by atoms with Gasteiger partial charge in [0.1, 0.15) is 11.0 Å². The minimum absolute atomic E-state index is 0.0182. The van der Waals surface area contributed by atoms with E-state index in [1.54, 1.807) is 0 Å². The van der Waals surface area contributed by atoms with E-state index in [-0.39, 0.29) is 10.8 Å². The van der Waals surface area contributed by atoms with E-state index in [1.807, 2.05) is 55.5 Å². The van der Waals surface area contributed by atoms with E-state index >= 15 is 0 Å². The number of sulfonamides is 1. The number of hydrogen-bond acceptors (Lipinski definition) is 7. The van der Waals surface area contributed by atoms with E-state index in [1.165, 1.54) is 47.4 Å². The molecule has 0 bridgehead atoms. The van der Waals surface area contributed by atoms with Crippen molar-refractivity contribution in [3.63, 3.8) is 0 Å². The number of ether oxygens (including phenoxy) is 1.